The van der Waals surface area contributed by atoms with E-state index in [1.54, 1.807) is 11.3 Å². The van der Waals surface area contributed by atoms with E-state index in [1.165, 1.54) is 16.1 Å². The van der Waals surface area contributed by atoms with Gasteiger partial charge >= 0.3 is 0 Å². The SMILES string of the molecule is Cc1ccccc1NCc1cc(Br)c(Cl)s1. The van der Waals surface area contributed by atoms with E-state index in [0.717, 1.165) is 15.4 Å². The van der Waals surface area contributed by atoms with Crippen LogP contribution in [0, 0.1) is 6.92 Å². The Morgan fingerprint density at radius 3 is 2.75 bits per heavy atom. The molecule has 0 saturated carbocycles. The molecule has 0 atom stereocenters. The van der Waals surface area contributed by atoms with Crippen LogP contribution in [0.25, 0.3) is 0 Å². The van der Waals surface area contributed by atoms with E-state index in [1.807, 2.05) is 12.1 Å². The summed E-state index contributed by atoms with van der Waals surface area (Å²) in [7, 11) is 0. The number of halogens is 2. The molecular weight excluding hydrogens is 306 g/mol. The van der Waals surface area contributed by atoms with E-state index in [0.29, 0.717) is 0 Å². The minimum Gasteiger partial charge on any atom is -0.380 e. The van der Waals surface area contributed by atoms with Crippen molar-refractivity contribution in [1.82, 2.24) is 0 Å². The zero-order chi connectivity index (χ0) is 11.5. The molecule has 0 amide bonds. The Morgan fingerprint density at radius 1 is 1.38 bits per heavy atom. The second-order valence-corrected chi connectivity index (χ2v) is 6.10. The summed E-state index contributed by atoms with van der Waals surface area (Å²) in [6.45, 7) is 2.90. The molecule has 0 radical (unpaired) electrons. The van der Waals surface area contributed by atoms with Crippen LogP contribution in [0.4, 0.5) is 5.69 Å². The number of para-hydroxylation sites is 1. The summed E-state index contributed by atoms with van der Waals surface area (Å²) in [4.78, 5) is 1.22. The van der Waals surface area contributed by atoms with Crippen LogP contribution in [0.3, 0.4) is 0 Å². The van der Waals surface area contributed by atoms with Gasteiger partial charge < -0.3 is 5.32 Å². The molecule has 0 bridgehead atoms. The molecule has 16 heavy (non-hydrogen) atoms. The third-order valence-corrected chi connectivity index (χ3v) is 4.77. The Balaban J connectivity index is 2.05. The highest BCUT2D eigenvalue weighted by atomic mass is 79.9. The smallest absolute Gasteiger partial charge is 0.107 e. The third-order valence-electron chi connectivity index (χ3n) is 2.29. The van der Waals surface area contributed by atoms with E-state index in [9.17, 15) is 0 Å². The lowest BCUT2D eigenvalue weighted by atomic mass is 10.2. The van der Waals surface area contributed by atoms with Crippen molar-refractivity contribution < 1.29 is 0 Å². The van der Waals surface area contributed by atoms with E-state index in [4.69, 9.17) is 11.6 Å². The Labute approximate surface area is 113 Å². The second-order valence-electron chi connectivity index (χ2n) is 3.50. The zero-order valence-electron chi connectivity index (χ0n) is 8.76. The molecule has 0 aliphatic carbocycles. The van der Waals surface area contributed by atoms with Crippen LogP contribution < -0.4 is 5.32 Å². The quantitative estimate of drug-likeness (QED) is 0.832. The van der Waals surface area contributed by atoms with Crippen LogP contribution in [0.15, 0.2) is 34.8 Å². The maximum Gasteiger partial charge on any atom is 0.107 e. The van der Waals surface area contributed by atoms with Crippen molar-refractivity contribution in [2.75, 3.05) is 5.32 Å². The van der Waals surface area contributed by atoms with Gasteiger partial charge in [0, 0.05) is 21.6 Å². The third kappa shape index (κ3) is 2.78. The first-order valence-corrected chi connectivity index (χ1v) is 6.89. The fourth-order valence-corrected chi connectivity index (χ4v) is 3.16. The molecule has 0 fully saturated rings. The first kappa shape index (κ1) is 12.0. The number of aryl methyl sites for hydroxylation is 1. The summed E-state index contributed by atoms with van der Waals surface area (Å²) in [6.07, 6.45) is 0. The standard InChI is InChI=1S/C12H11BrClNS/c1-8-4-2-3-5-11(8)15-7-9-6-10(13)12(14)16-9/h2-6,15H,7H2,1H3. The average molecular weight is 317 g/mol. The van der Waals surface area contributed by atoms with Gasteiger partial charge in [-0.2, -0.15) is 0 Å². The van der Waals surface area contributed by atoms with E-state index >= 15 is 0 Å². The van der Waals surface area contributed by atoms with E-state index in [-0.39, 0.29) is 0 Å². The lowest BCUT2D eigenvalue weighted by molar-refractivity contribution is 1.18. The predicted octanol–water partition coefficient (Wildman–Crippen LogP) is 5.08. The van der Waals surface area contributed by atoms with Crippen LogP contribution >= 0.6 is 38.9 Å². The van der Waals surface area contributed by atoms with Crippen LogP contribution in [-0.2, 0) is 6.54 Å². The summed E-state index contributed by atoms with van der Waals surface area (Å²) >= 11 is 11.0. The van der Waals surface area contributed by atoms with Gasteiger partial charge in [0.15, 0.2) is 0 Å². The molecule has 0 saturated heterocycles. The van der Waals surface area contributed by atoms with Gasteiger partial charge in [-0.15, -0.1) is 11.3 Å². The molecule has 1 N–H and O–H groups in total. The maximum atomic E-state index is 5.99. The average Bonchev–Trinajstić information content (AvgIpc) is 2.57. The van der Waals surface area contributed by atoms with Crippen LogP contribution in [-0.4, -0.2) is 0 Å². The van der Waals surface area contributed by atoms with Gasteiger partial charge in [0.1, 0.15) is 4.34 Å². The van der Waals surface area contributed by atoms with Crippen molar-refractivity contribution in [2.45, 2.75) is 13.5 Å². The molecule has 84 valence electrons. The van der Waals surface area contributed by atoms with Crippen LogP contribution in [0.5, 0.6) is 0 Å². The first-order chi connectivity index (χ1) is 7.66. The molecule has 1 aromatic carbocycles. The van der Waals surface area contributed by atoms with Crippen LogP contribution in [0.1, 0.15) is 10.4 Å². The number of benzene rings is 1. The number of hydrogen-bond acceptors (Lipinski definition) is 2. The Bertz CT molecular complexity index is 476. The highest BCUT2D eigenvalue weighted by molar-refractivity contribution is 9.10. The molecular formula is C12H11BrClNS. The van der Waals surface area contributed by atoms with E-state index < -0.39 is 0 Å². The fourth-order valence-electron chi connectivity index (χ4n) is 1.43. The van der Waals surface area contributed by atoms with Gasteiger partial charge in [-0.25, -0.2) is 0 Å². The molecule has 2 rings (SSSR count). The topological polar surface area (TPSA) is 12.0 Å². The van der Waals surface area contributed by atoms with Gasteiger partial charge in [-0.3, -0.25) is 0 Å². The lowest BCUT2D eigenvalue weighted by Crippen LogP contribution is -1.98. The molecule has 1 aromatic heterocycles. The molecule has 0 aliphatic heterocycles. The van der Waals surface area contributed by atoms with Gasteiger partial charge in [-0.1, -0.05) is 29.8 Å². The van der Waals surface area contributed by atoms with E-state index in [2.05, 4.69) is 46.4 Å². The van der Waals surface area contributed by atoms with Crippen LogP contribution in [0.2, 0.25) is 4.34 Å². The van der Waals surface area contributed by atoms with Gasteiger partial charge in [0.05, 0.1) is 0 Å². The molecule has 2 aromatic rings. The minimum atomic E-state index is 0.806. The molecule has 0 unspecified atom stereocenters. The summed E-state index contributed by atoms with van der Waals surface area (Å²) in [5.41, 5.74) is 2.42. The number of thiophene rings is 1. The molecule has 1 heterocycles. The Morgan fingerprint density at radius 2 is 2.12 bits per heavy atom. The largest absolute Gasteiger partial charge is 0.380 e. The normalized spacial score (nSPS) is 10.4. The Hall–Kier alpha value is -0.510. The van der Waals surface area contributed by atoms with Gasteiger partial charge in [-0.05, 0) is 40.5 Å². The highest BCUT2D eigenvalue weighted by Crippen LogP contribution is 2.32. The monoisotopic (exact) mass is 315 g/mol. The minimum absolute atomic E-state index is 0.806. The zero-order valence-corrected chi connectivity index (χ0v) is 11.9. The van der Waals surface area contributed by atoms with Crippen molar-refractivity contribution in [3.8, 4) is 0 Å². The molecule has 0 aliphatic rings. The lowest BCUT2D eigenvalue weighted by Gasteiger charge is -2.07. The number of hydrogen-bond donors (Lipinski definition) is 1. The van der Waals surface area contributed by atoms with Crippen molar-refractivity contribution in [3.05, 3.63) is 49.6 Å². The molecule has 0 spiro atoms. The molecule has 4 heteroatoms. The summed E-state index contributed by atoms with van der Waals surface area (Å²) in [6, 6.07) is 10.3. The Kier molecular flexibility index (Phi) is 3.90. The molecule has 1 nitrogen and oxygen atoms in total. The number of nitrogens with one attached hydrogen (secondary N) is 1. The summed E-state index contributed by atoms with van der Waals surface area (Å²) in [5.74, 6) is 0. The summed E-state index contributed by atoms with van der Waals surface area (Å²) < 4.78 is 1.78. The number of rotatable bonds is 3. The highest BCUT2D eigenvalue weighted by Gasteiger charge is 2.04. The van der Waals surface area contributed by atoms with Gasteiger partial charge in [0.2, 0.25) is 0 Å². The number of anilines is 1. The van der Waals surface area contributed by atoms with Crippen molar-refractivity contribution in [2.24, 2.45) is 0 Å². The summed E-state index contributed by atoms with van der Waals surface area (Å²) in [5, 5.41) is 3.40. The van der Waals surface area contributed by atoms with Crippen molar-refractivity contribution in [3.63, 3.8) is 0 Å². The maximum absolute atomic E-state index is 5.99. The predicted molar refractivity (Wildman–Crippen MR) is 75.5 cm³/mol. The second kappa shape index (κ2) is 5.21. The van der Waals surface area contributed by atoms with Gasteiger partial charge in [0.25, 0.3) is 0 Å². The van der Waals surface area contributed by atoms with Crippen molar-refractivity contribution in [1.29, 1.82) is 0 Å². The fraction of sp³-hybridized carbons (Fsp3) is 0.167. The first-order valence-electron chi connectivity index (χ1n) is 4.90. The van der Waals surface area contributed by atoms with Crippen molar-refractivity contribution >= 4 is 44.6 Å².